The van der Waals surface area contributed by atoms with E-state index in [4.69, 9.17) is 15.2 Å². The molecule has 1 fully saturated rings. The van der Waals surface area contributed by atoms with Gasteiger partial charge >= 0.3 is 0 Å². The molecule has 2 rings (SSSR count). The van der Waals surface area contributed by atoms with Gasteiger partial charge in [-0.25, -0.2) is 0 Å². The van der Waals surface area contributed by atoms with Crippen LogP contribution in [0.4, 0.5) is 0 Å². The minimum atomic E-state index is -0.399. The average Bonchev–Trinajstić information content (AvgIpc) is 2.99. The molecule has 1 unspecified atom stereocenters. The Morgan fingerprint density at radius 1 is 1.20 bits per heavy atom. The fraction of sp³-hybridized carbons (Fsp3) is 0.625. The molecule has 2 N–H and O–H groups in total. The number of hydrogen-bond donors (Lipinski definition) is 1. The van der Waals surface area contributed by atoms with Crippen molar-refractivity contribution in [2.75, 3.05) is 33.9 Å². The molecule has 1 atom stereocenters. The maximum Gasteiger partial charge on any atom is 0.124 e. The SMILES string of the molecule is CCC(N)(CN1CCCC1)c1cc(OC)ccc1OC. The summed E-state index contributed by atoms with van der Waals surface area (Å²) >= 11 is 0. The normalized spacial score (nSPS) is 18.8. The summed E-state index contributed by atoms with van der Waals surface area (Å²) in [5.74, 6) is 1.67. The highest BCUT2D eigenvalue weighted by Gasteiger charge is 2.32. The molecule has 0 saturated carbocycles. The van der Waals surface area contributed by atoms with Crippen LogP contribution < -0.4 is 15.2 Å². The fourth-order valence-corrected chi connectivity index (χ4v) is 2.93. The van der Waals surface area contributed by atoms with Crippen molar-refractivity contribution in [3.63, 3.8) is 0 Å². The monoisotopic (exact) mass is 278 g/mol. The van der Waals surface area contributed by atoms with E-state index < -0.39 is 5.54 Å². The van der Waals surface area contributed by atoms with Crippen LogP contribution in [0.2, 0.25) is 0 Å². The van der Waals surface area contributed by atoms with Gasteiger partial charge < -0.3 is 20.1 Å². The second-order valence-electron chi connectivity index (χ2n) is 5.56. The molecule has 0 radical (unpaired) electrons. The van der Waals surface area contributed by atoms with Gasteiger partial charge in [0.2, 0.25) is 0 Å². The lowest BCUT2D eigenvalue weighted by Crippen LogP contribution is -2.46. The zero-order chi connectivity index (χ0) is 14.6. The van der Waals surface area contributed by atoms with Crippen molar-refractivity contribution in [3.8, 4) is 11.5 Å². The van der Waals surface area contributed by atoms with Crippen LogP contribution in [0.25, 0.3) is 0 Å². The summed E-state index contributed by atoms with van der Waals surface area (Å²) in [5.41, 5.74) is 7.36. The van der Waals surface area contributed by atoms with Gasteiger partial charge in [0.15, 0.2) is 0 Å². The van der Waals surface area contributed by atoms with E-state index in [0.717, 1.165) is 43.1 Å². The van der Waals surface area contributed by atoms with Crippen LogP contribution >= 0.6 is 0 Å². The number of likely N-dealkylation sites (tertiary alicyclic amines) is 1. The minimum Gasteiger partial charge on any atom is -0.497 e. The summed E-state index contributed by atoms with van der Waals surface area (Å²) in [6.07, 6.45) is 3.41. The van der Waals surface area contributed by atoms with E-state index in [1.165, 1.54) is 12.8 Å². The summed E-state index contributed by atoms with van der Waals surface area (Å²) in [6, 6.07) is 5.86. The van der Waals surface area contributed by atoms with Crippen molar-refractivity contribution in [3.05, 3.63) is 23.8 Å². The Morgan fingerprint density at radius 3 is 2.45 bits per heavy atom. The zero-order valence-electron chi connectivity index (χ0n) is 12.8. The summed E-state index contributed by atoms with van der Waals surface area (Å²) in [6.45, 7) is 5.29. The van der Waals surface area contributed by atoms with E-state index in [1.807, 2.05) is 18.2 Å². The van der Waals surface area contributed by atoms with Crippen LogP contribution in [-0.2, 0) is 5.54 Å². The van der Waals surface area contributed by atoms with Crippen LogP contribution in [-0.4, -0.2) is 38.8 Å². The van der Waals surface area contributed by atoms with Gasteiger partial charge in [0.05, 0.1) is 19.8 Å². The van der Waals surface area contributed by atoms with Crippen molar-refractivity contribution in [2.24, 2.45) is 5.73 Å². The highest BCUT2D eigenvalue weighted by atomic mass is 16.5. The molecule has 0 bridgehead atoms. The maximum absolute atomic E-state index is 6.72. The summed E-state index contributed by atoms with van der Waals surface area (Å²) in [5, 5.41) is 0. The van der Waals surface area contributed by atoms with E-state index in [2.05, 4.69) is 11.8 Å². The third kappa shape index (κ3) is 3.07. The van der Waals surface area contributed by atoms with Gasteiger partial charge in [-0.05, 0) is 50.6 Å². The predicted molar refractivity (Wildman–Crippen MR) is 81.4 cm³/mol. The standard InChI is InChI=1S/C16H26N2O2/c1-4-16(17,12-18-9-5-6-10-18)14-11-13(19-2)7-8-15(14)20-3/h7-8,11H,4-6,9-10,12,17H2,1-3H3. The Balaban J connectivity index is 2.32. The Kier molecular flexibility index (Phi) is 4.89. The summed E-state index contributed by atoms with van der Waals surface area (Å²) < 4.78 is 10.8. The van der Waals surface area contributed by atoms with Gasteiger partial charge in [0.25, 0.3) is 0 Å². The van der Waals surface area contributed by atoms with Crippen molar-refractivity contribution in [1.82, 2.24) is 4.90 Å². The Morgan fingerprint density at radius 2 is 1.90 bits per heavy atom. The number of hydrogen-bond acceptors (Lipinski definition) is 4. The number of methoxy groups -OCH3 is 2. The molecule has 0 aliphatic carbocycles. The van der Waals surface area contributed by atoms with E-state index in [0.29, 0.717) is 0 Å². The molecule has 0 spiro atoms. The first kappa shape index (κ1) is 15.1. The Hall–Kier alpha value is -1.26. The number of ether oxygens (including phenoxy) is 2. The van der Waals surface area contributed by atoms with Crippen LogP contribution in [0.15, 0.2) is 18.2 Å². The maximum atomic E-state index is 6.72. The summed E-state index contributed by atoms with van der Waals surface area (Å²) in [4.78, 5) is 2.45. The second-order valence-corrected chi connectivity index (χ2v) is 5.56. The lowest BCUT2D eigenvalue weighted by atomic mass is 9.86. The minimum absolute atomic E-state index is 0.399. The smallest absolute Gasteiger partial charge is 0.124 e. The lowest BCUT2D eigenvalue weighted by molar-refractivity contribution is 0.235. The van der Waals surface area contributed by atoms with Crippen molar-refractivity contribution >= 4 is 0 Å². The molecule has 4 heteroatoms. The van der Waals surface area contributed by atoms with Gasteiger partial charge in [-0.3, -0.25) is 0 Å². The second kappa shape index (κ2) is 6.46. The largest absolute Gasteiger partial charge is 0.497 e. The van der Waals surface area contributed by atoms with Crippen LogP contribution in [0.3, 0.4) is 0 Å². The van der Waals surface area contributed by atoms with E-state index in [9.17, 15) is 0 Å². The van der Waals surface area contributed by atoms with E-state index in [1.54, 1.807) is 14.2 Å². The first-order valence-electron chi connectivity index (χ1n) is 7.36. The highest BCUT2D eigenvalue weighted by molar-refractivity contribution is 5.44. The quantitative estimate of drug-likeness (QED) is 0.868. The molecule has 0 aromatic heterocycles. The highest BCUT2D eigenvalue weighted by Crippen LogP contribution is 2.35. The molecule has 1 aromatic rings. The van der Waals surface area contributed by atoms with Gasteiger partial charge in [-0.15, -0.1) is 0 Å². The van der Waals surface area contributed by atoms with Crippen molar-refractivity contribution < 1.29 is 9.47 Å². The molecular formula is C16H26N2O2. The third-order valence-electron chi connectivity index (χ3n) is 4.28. The van der Waals surface area contributed by atoms with Crippen LogP contribution in [0.1, 0.15) is 31.7 Å². The molecular weight excluding hydrogens is 252 g/mol. The Labute approximate surface area is 121 Å². The number of nitrogens with zero attached hydrogens (tertiary/aromatic N) is 1. The van der Waals surface area contributed by atoms with E-state index in [-0.39, 0.29) is 0 Å². The Bertz CT molecular complexity index is 444. The molecule has 20 heavy (non-hydrogen) atoms. The van der Waals surface area contributed by atoms with Crippen LogP contribution in [0, 0.1) is 0 Å². The molecule has 1 aromatic carbocycles. The predicted octanol–water partition coefficient (Wildman–Crippen LogP) is 2.36. The molecule has 1 aliphatic heterocycles. The van der Waals surface area contributed by atoms with E-state index >= 15 is 0 Å². The topological polar surface area (TPSA) is 47.7 Å². The van der Waals surface area contributed by atoms with Crippen molar-refractivity contribution in [2.45, 2.75) is 31.7 Å². The zero-order valence-corrected chi connectivity index (χ0v) is 12.8. The first-order chi connectivity index (χ1) is 9.62. The fourth-order valence-electron chi connectivity index (χ4n) is 2.93. The van der Waals surface area contributed by atoms with Crippen LogP contribution in [0.5, 0.6) is 11.5 Å². The van der Waals surface area contributed by atoms with Crippen molar-refractivity contribution in [1.29, 1.82) is 0 Å². The van der Waals surface area contributed by atoms with Gasteiger partial charge in [0, 0.05) is 12.1 Å². The van der Waals surface area contributed by atoms with Gasteiger partial charge in [0.1, 0.15) is 11.5 Å². The first-order valence-corrected chi connectivity index (χ1v) is 7.36. The number of nitrogens with two attached hydrogens (primary N) is 1. The molecule has 112 valence electrons. The van der Waals surface area contributed by atoms with Gasteiger partial charge in [-0.2, -0.15) is 0 Å². The molecule has 1 aliphatic rings. The lowest BCUT2D eigenvalue weighted by Gasteiger charge is -2.34. The average molecular weight is 278 g/mol. The molecule has 1 saturated heterocycles. The molecule has 1 heterocycles. The molecule has 4 nitrogen and oxygen atoms in total. The molecule has 0 amide bonds. The summed E-state index contributed by atoms with van der Waals surface area (Å²) in [7, 11) is 3.37. The van der Waals surface area contributed by atoms with Gasteiger partial charge in [-0.1, -0.05) is 6.92 Å². The third-order valence-corrected chi connectivity index (χ3v) is 4.28. The number of rotatable bonds is 6. The number of benzene rings is 1.